The third-order valence-electron chi connectivity index (χ3n) is 5.41. The minimum absolute atomic E-state index is 0.0586. The molecular weight excluding hydrogens is 422 g/mol. The Bertz CT molecular complexity index is 1030. The molecule has 1 aliphatic rings. The fraction of sp³-hybridized carbons (Fsp3) is 0.385. The van der Waals surface area contributed by atoms with E-state index in [0.29, 0.717) is 54.6 Å². The van der Waals surface area contributed by atoms with Gasteiger partial charge in [0, 0.05) is 12.1 Å². The lowest BCUT2D eigenvalue weighted by Gasteiger charge is -2.25. The van der Waals surface area contributed by atoms with Gasteiger partial charge in [0.2, 0.25) is 0 Å². The maximum absolute atomic E-state index is 13.0. The van der Waals surface area contributed by atoms with Gasteiger partial charge in [0.15, 0.2) is 11.5 Å². The lowest BCUT2D eigenvalue weighted by Crippen LogP contribution is -2.30. The van der Waals surface area contributed by atoms with Crippen LogP contribution in [-0.4, -0.2) is 48.6 Å². The van der Waals surface area contributed by atoms with Gasteiger partial charge in [-0.05, 0) is 61.7 Å². The Balaban J connectivity index is 2.10. The molecule has 1 fully saturated rings. The number of hydrogen-bond donors (Lipinski definition) is 1. The highest BCUT2D eigenvalue weighted by Gasteiger charge is 2.45. The van der Waals surface area contributed by atoms with Crippen LogP contribution in [0.3, 0.4) is 0 Å². The maximum atomic E-state index is 13.0. The zero-order chi connectivity index (χ0) is 24.0. The highest BCUT2D eigenvalue weighted by Crippen LogP contribution is 2.42. The molecule has 0 aromatic heterocycles. The monoisotopic (exact) mass is 453 g/mol. The summed E-state index contributed by atoms with van der Waals surface area (Å²) in [6.45, 7) is 7.22. The molecule has 2 aromatic rings. The summed E-state index contributed by atoms with van der Waals surface area (Å²) in [5, 5.41) is 11.1. The minimum atomic E-state index is -0.730. The number of aliphatic hydroxyl groups excluding tert-OH is 1. The molecule has 3 rings (SSSR count). The Labute approximate surface area is 194 Å². The molecule has 1 saturated heterocycles. The first kappa shape index (κ1) is 24.2. The van der Waals surface area contributed by atoms with Crippen molar-refractivity contribution in [3.63, 3.8) is 0 Å². The predicted molar refractivity (Wildman–Crippen MR) is 126 cm³/mol. The van der Waals surface area contributed by atoms with Crippen LogP contribution in [0.5, 0.6) is 17.2 Å². The summed E-state index contributed by atoms with van der Waals surface area (Å²) in [4.78, 5) is 27.4. The second-order valence-corrected chi connectivity index (χ2v) is 7.71. The van der Waals surface area contributed by atoms with Gasteiger partial charge in [-0.3, -0.25) is 9.59 Å². The first-order valence-electron chi connectivity index (χ1n) is 11.3. The van der Waals surface area contributed by atoms with E-state index in [4.69, 9.17) is 14.2 Å². The number of aliphatic hydroxyl groups is 1. The van der Waals surface area contributed by atoms with Crippen molar-refractivity contribution in [2.45, 2.75) is 39.7 Å². The molecule has 1 unspecified atom stereocenters. The molecule has 0 aliphatic carbocycles. The van der Waals surface area contributed by atoms with E-state index in [2.05, 4.69) is 0 Å². The van der Waals surface area contributed by atoms with E-state index in [1.54, 1.807) is 49.6 Å². The van der Waals surface area contributed by atoms with Gasteiger partial charge in [-0.1, -0.05) is 19.9 Å². The molecule has 1 atom stereocenters. The molecule has 7 nitrogen and oxygen atoms in total. The van der Waals surface area contributed by atoms with Crippen molar-refractivity contribution in [1.82, 2.24) is 4.90 Å². The summed E-state index contributed by atoms with van der Waals surface area (Å²) in [5.74, 6) is 0.194. The van der Waals surface area contributed by atoms with E-state index in [1.807, 2.05) is 20.8 Å². The summed E-state index contributed by atoms with van der Waals surface area (Å²) in [5.41, 5.74) is 1.16. The molecule has 7 heteroatoms. The number of carbonyl (C=O) groups is 2. The highest BCUT2D eigenvalue weighted by molar-refractivity contribution is 6.46. The van der Waals surface area contributed by atoms with E-state index in [1.165, 1.54) is 4.90 Å². The largest absolute Gasteiger partial charge is 0.507 e. The second kappa shape index (κ2) is 10.9. The summed E-state index contributed by atoms with van der Waals surface area (Å²) in [6.07, 6.45) is 1.55. The smallest absolute Gasteiger partial charge is 0.295 e. The van der Waals surface area contributed by atoms with Crippen molar-refractivity contribution >= 4 is 17.4 Å². The topological polar surface area (TPSA) is 85.3 Å². The van der Waals surface area contributed by atoms with E-state index in [9.17, 15) is 14.7 Å². The number of likely N-dealkylation sites (tertiary alicyclic amines) is 1. The standard InChI is InChI=1S/C26H31NO6/c1-5-14-27-23(18-10-13-20(31-4)21(16-18)32-7-3)22(25(29)26(27)30)24(28)17-8-11-19(12-9-17)33-15-6-2/h8-13,16,23,28H,5-7,14-15H2,1-4H3/b24-22-. The van der Waals surface area contributed by atoms with Crippen LogP contribution in [0.1, 0.15) is 50.8 Å². The van der Waals surface area contributed by atoms with Crippen molar-refractivity contribution in [3.8, 4) is 17.2 Å². The third kappa shape index (κ3) is 4.97. The van der Waals surface area contributed by atoms with Gasteiger partial charge in [0.1, 0.15) is 11.5 Å². The van der Waals surface area contributed by atoms with Gasteiger partial charge in [-0.25, -0.2) is 0 Å². The number of carbonyl (C=O) groups excluding carboxylic acids is 2. The number of ketones is 1. The van der Waals surface area contributed by atoms with E-state index in [-0.39, 0.29) is 11.3 Å². The normalized spacial score (nSPS) is 17.3. The summed E-state index contributed by atoms with van der Waals surface area (Å²) in [6, 6.07) is 11.4. The van der Waals surface area contributed by atoms with Crippen molar-refractivity contribution < 1.29 is 28.9 Å². The molecule has 0 bridgehead atoms. The molecule has 1 amide bonds. The molecule has 2 aromatic carbocycles. The molecule has 1 heterocycles. The van der Waals surface area contributed by atoms with Gasteiger partial charge >= 0.3 is 0 Å². The van der Waals surface area contributed by atoms with Gasteiger partial charge < -0.3 is 24.2 Å². The predicted octanol–water partition coefficient (Wildman–Crippen LogP) is 4.71. The van der Waals surface area contributed by atoms with Gasteiger partial charge in [0.05, 0.1) is 31.9 Å². The number of benzene rings is 2. The molecular formula is C26H31NO6. The number of methoxy groups -OCH3 is 1. The number of nitrogens with zero attached hydrogens (tertiary/aromatic N) is 1. The molecule has 0 radical (unpaired) electrons. The fourth-order valence-corrected chi connectivity index (χ4v) is 3.91. The third-order valence-corrected chi connectivity index (χ3v) is 5.41. The highest BCUT2D eigenvalue weighted by atomic mass is 16.5. The first-order valence-corrected chi connectivity index (χ1v) is 11.3. The number of Topliss-reactive ketones (excluding diaryl/α,β-unsaturated/α-hetero) is 1. The fourth-order valence-electron chi connectivity index (χ4n) is 3.91. The quantitative estimate of drug-likeness (QED) is 0.318. The Morgan fingerprint density at radius 2 is 1.70 bits per heavy atom. The summed E-state index contributed by atoms with van der Waals surface area (Å²) < 4.78 is 16.7. The van der Waals surface area contributed by atoms with E-state index >= 15 is 0 Å². The summed E-state index contributed by atoms with van der Waals surface area (Å²) >= 11 is 0. The van der Waals surface area contributed by atoms with Crippen LogP contribution in [0.25, 0.3) is 5.76 Å². The van der Waals surface area contributed by atoms with Crippen molar-refractivity contribution in [2.75, 3.05) is 26.9 Å². The molecule has 1 N–H and O–H groups in total. The zero-order valence-corrected chi connectivity index (χ0v) is 19.6. The SMILES string of the molecule is CCCOc1ccc(/C(O)=C2/C(=O)C(=O)N(CCC)C2c2ccc(OC)c(OCC)c2)cc1. The number of rotatable bonds is 10. The molecule has 176 valence electrons. The Morgan fingerprint density at radius 3 is 2.30 bits per heavy atom. The summed E-state index contributed by atoms with van der Waals surface area (Å²) in [7, 11) is 1.55. The zero-order valence-electron chi connectivity index (χ0n) is 19.6. The Morgan fingerprint density at radius 1 is 0.970 bits per heavy atom. The molecule has 0 saturated carbocycles. The lowest BCUT2D eigenvalue weighted by molar-refractivity contribution is -0.139. The average molecular weight is 454 g/mol. The second-order valence-electron chi connectivity index (χ2n) is 7.71. The maximum Gasteiger partial charge on any atom is 0.295 e. The van der Waals surface area contributed by atoms with Crippen LogP contribution < -0.4 is 14.2 Å². The number of hydrogen-bond acceptors (Lipinski definition) is 6. The average Bonchev–Trinajstić information content (AvgIpc) is 3.08. The minimum Gasteiger partial charge on any atom is -0.507 e. The molecule has 33 heavy (non-hydrogen) atoms. The van der Waals surface area contributed by atoms with Crippen LogP contribution in [0.15, 0.2) is 48.0 Å². The van der Waals surface area contributed by atoms with E-state index in [0.717, 1.165) is 6.42 Å². The van der Waals surface area contributed by atoms with Crippen molar-refractivity contribution in [2.24, 2.45) is 0 Å². The van der Waals surface area contributed by atoms with Crippen molar-refractivity contribution in [3.05, 3.63) is 59.2 Å². The van der Waals surface area contributed by atoms with Crippen LogP contribution in [0.4, 0.5) is 0 Å². The number of ether oxygens (including phenoxy) is 3. The van der Waals surface area contributed by atoms with Crippen LogP contribution in [0, 0.1) is 0 Å². The van der Waals surface area contributed by atoms with Gasteiger partial charge in [-0.15, -0.1) is 0 Å². The Kier molecular flexibility index (Phi) is 7.98. The Hall–Kier alpha value is -3.48. The molecule has 1 aliphatic heterocycles. The number of amides is 1. The van der Waals surface area contributed by atoms with Crippen LogP contribution in [-0.2, 0) is 9.59 Å². The van der Waals surface area contributed by atoms with E-state index < -0.39 is 17.7 Å². The van der Waals surface area contributed by atoms with Gasteiger partial charge in [-0.2, -0.15) is 0 Å². The van der Waals surface area contributed by atoms with Gasteiger partial charge in [0.25, 0.3) is 11.7 Å². The van der Waals surface area contributed by atoms with Crippen LogP contribution >= 0.6 is 0 Å². The lowest BCUT2D eigenvalue weighted by atomic mass is 9.95. The molecule has 0 spiro atoms. The van der Waals surface area contributed by atoms with Crippen molar-refractivity contribution in [1.29, 1.82) is 0 Å². The first-order chi connectivity index (χ1) is 16.0. The van der Waals surface area contributed by atoms with Crippen LogP contribution in [0.2, 0.25) is 0 Å².